The number of furan rings is 1. The molecule has 0 unspecified atom stereocenters. The minimum atomic E-state index is 0.884. The Balaban J connectivity index is 1.16. The van der Waals surface area contributed by atoms with Crippen LogP contribution in [-0.4, -0.2) is 0 Å². The summed E-state index contributed by atoms with van der Waals surface area (Å²) >= 11 is 0. The molecule has 1 aromatic heterocycles. The van der Waals surface area contributed by atoms with Gasteiger partial charge in [0.2, 0.25) is 0 Å². The highest BCUT2D eigenvalue weighted by Crippen LogP contribution is 2.48. The van der Waals surface area contributed by atoms with Crippen molar-refractivity contribution in [1.29, 1.82) is 0 Å². The van der Waals surface area contributed by atoms with Crippen molar-refractivity contribution in [3.8, 4) is 22.3 Å². The van der Waals surface area contributed by atoms with Gasteiger partial charge in [-0.25, -0.2) is 0 Å². The molecule has 1 heterocycles. The van der Waals surface area contributed by atoms with Crippen LogP contribution in [0.25, 0.3) is 87.3 Å². The highest BCUT2D eigenvalue weighted by Gasteiger charge is 2.22. The van der Waals surface area contributed by atoms with Crippen LogP contribution in [-0.2, 0) is 0 Å². The summed E-state index contributed by atoms with van der Waals surface area (Å²) in [6.45, 7) is 0. The summed E-state index contributed by atoms with van der Waals surface area (Å²) in [7, 11) is 0. The second-order valence-corrected chi connectivity index (χ2v) is 14.1. The third-order valence-corrected chi connectivity index (χ3v) is 11.0. The van der Waals surface area contributed by atoms with Crippen LogP contribution in [0.2, 0.25) is 0 Å². The summed E-state index contributed by atoms with van der Waals surface area (Å²) in [5.74, 6) is 0. The van der Waals surface area contributed by atoms with Gasteiger partial charge >= 0.3 is 0 Å². The summed E-state index contributed by atoms with van der Waals surface area (Å²) in [6.07, 6.45) is 0. The second kappa shape index (κ2) is 12.2. The summed E-state index contributed by atoms with van der Waals surface area (Å²) in [4.78, 5) is 2.45. The molecule has 0 saturated heterocycles. The largest absolute Gasteiger partial charge is 0.456 e. The van der Waals surface area contributed by atoms with E-state index in [1.807, 2.05) is 0 Å². The average molecular weight is 688 g/mol. The van der Waals surface area contributed by atoms with Gasteiger partial charge in [0.15, 0.2) is 0 Å². The lowest BCUT2D eigenvalue weighted by atomic mass is 9.95. The molecule has 0 N–H and O–H groups in total. The third-order valence-electron chi connectivity index (χ3n) is 11.0. The Morgan fingerprint density at radius 2 is 0.926 bits per heavy atom. The minimum absolute atomic E-state index is 0.884. The first-order valence-electron chi connectivity index (χ1n) is 18.5. The molecule has 0 aliphatic rings. The summed E-state index contributed by atoms with van der Waals surface area (Å²) in [5.41, 5.74) is 9.75. The van der Waals surface area contributed by atoms with E-state index in [0.717, 1.165) is 50.1 Å². The first kappa shape index (κ1) is 30.5. The van der Waals surface area contributed by atoms with E-state index in [1.165, 1.54) is 54.2 Å². The number of para-hydroxylation sites is 1. The van der Waals surface area contributed by atoms with Gasteiger partial charge in [-0.05, 0) is 103 Å². The summed E-state index contributed by atoms with van der Waals surface area (Å²) in [6, 6.07) is 72.4. The van der Waals surface area contributed by atoms with Crippen LogP contribution in [0.4, 0.5) is 17.1 Å². The normalized spacial score (nSPS) is 11.7. The molecule has 54 heavy (non-hydrogen) atoms. The van der Waals surface area contributed by atoms with E-state index in [1.54, 1.807) is 0 Å². The second-order valence-electron chi connectivity index (χ2n) is 14.1. The molecule has 11 aromatic rings. The Hall–Kier alpha value is -7.16. The quantitative estimate of drug-likeness (QED) is 0.168. The fourth-order valence-electron chi connectivity index (χ4n) is 8.43. The molecule has 0 spiro atoms. The van der Waals surface area contributed by atoms with Crippen molar-refractivity contribution in [2.45, 2.75) is 0 Å². The van der Waals surface area contributed by atoms with Crippen molar-refractivity contribution in [2.75, 3.05) is 4.90 Å². The van der Waals surface area contributed by atoms with Crippen LogP contribution < -0.4 is 4.90 Å². The number of rotatable bonds is 5. The number of anilines is 3. The van der Waals surface area contributed by atoms with Crippen LogP contribution in [0.3, 0.4) is 0 Å². The van der Waals surface area contributed by atoms with E-state index in [-0.39, 0.29) is 0 Å². The third kappa shape index (κ3) is 4.88. The smallest absolute Gasteiger partial charge is 0.136 e. The molecule has 0 radical (unpaired) electrons. The topological polar surface area (TPSA) is 16.4 Å². The van der Waals surface area contributed by atoms with Crippen molar-refractivity contribution >= 4 is 82.1 Å². The zero-order chi connectivity index (χ0) is 35.6. The van der Waals surface area contributed by atoms with E-state index in [0.29, 0.717) is 0 Å². The maximum Gasteiger partial charge on any atom is 0.136 e. The molecule has 2 heteroatoms. The number of benzene rings is 10. The first-order valence-corrected chi connectivity index (χ1v) is 18.5. The van der Waals surface area contributed by atoms with Gasteiger partial charge in [0.05, 0.1) is 11.4 Å². The molecule has 0 aliphatic carbocycles. The Morgan fingerprint density at radius 1 is 0.315 bits per heavy atom. The monoisotopic (exact) mass is 687 g/mol. The first-order chi connectivity index (χ1) is 26.8. The van der Waals surface area contributed by atoms with Crippen LogP contribution in [0, 0.1) is 0 Å². The Bertz CT molecular complexity index is 3230. The molecule has 10 aromatic carbocycles. The maximum absolute atomic E-state index is 6.57. The maximum atomic E-state index is 6.57. The van der Waals surface area contributed by atoms with Gasteiger partial charge in [-0.3, -0.25) is 0 Å². The van der Waals surface area contributed by atoms with Crippen LogP contribution in [0.1, 0.15) is 0 Å². The fourth-order valence-corrected chi connectivity index (χ4v) is 8.43. The molecule has 252 valence electrons. The van der Waals surface area contributed by atoms with Crippen molar-refractivity contribution < 1.29 is 4.42 Å². The molecular weight excluding hydrogens is 655 g/mol. The lowest BCUT2D eigenvalue weighted by Crippen LogP contribution is -2.12. The standard InChI is InChI=1S/C52H33NO/c1-2-13-36-30-39(25-24-34(36)12-1)35-26-28-41(29-27-35)53(49-32-40-16-5-6-17-42(40)43-18-7-8-19-44(43)49)48-22-10-9-20-45(48)46-21-11-23-50-52(46)47-31-37-14-3-4-15-38(37)33-51(47)54-50/h1-33H. The molecule has 0 bridgehead atoms. The van der Waals surface area contributed by atoms with Gasteiger partial charge < -0.3 is 9.32 Å². The van der Waals surface area contributed by atoms with Crippen LogP contribution in [0.5, 0.6) is 0 Å². The molecule has 0 aliphatic heterocycles. The molecule has 0 fully saturated rings. The number of hydrogen-bond donors (Lipinski definition) is 0. The van der Waals surface area contributed by atoms with Gasteiger partial charge in [0, 0.05) is 27.4 Å². The zero-order valence-corrected chi connectivity index (χ0v) is 29.4. The number of hydrogen-bond acceptors (Lipinski definition) is 2. The molecular formula is C52H33NO. The Kier molecular flexibility index (Phi) is 6.90. The van der Waals surface area contributed by atoms with Crippen molar-refractivity contribution in [1.82, 2.24) is 0 Å². The number of fused-ring (bicyclic) bond motifs is 8. The SMILES string of the molecule is c1ccc(N(c2ccc(-c3ccc4ccccc4c3)cc2)c2cc3ccccc3c3ccccc23)c(-c2cccc3oc4cc5ccccc5cc4c23)c1. The van der Waals surface area contributed by atoms with Crippen molar-refractivity contribution in [3.63, 3.8) is 0 Å². The van der Waals surface area contributed by atoms with E-state index in [4.69, 9.17) is 4.42 Å². The summed E-state index contributed by atoms with van der Waals surface area (Å²) < 4.78 is 6.57. The predicted octanol–water partition coefficient (Wildman–Crippen LogP) is 15.0. The van der Waals surface area contributed by atoms with E-state index in [2.05, 4.69) is 205 Å². The van der Waals surface area contributed by atoms with E-state index >= 15 is 0 Å². The highest BCUT2D eigenvalue weighted by molar-refractivity contribution is 6.18. The summed E-state index contributed by atoms with van der Waals surface area (Å²) in [5, 5.41) is 12.0. The number of nitrogens with zero attached hydrogens (tertiary/aromatic N) is 1. The Morgan fingerprint density at radius 3 is 1.74 bits per heavy atom. The average Bonchev–Trinajstić information content (AvgIpc) is 3.61. The molecule has 0 atom stereocenters. The lowest BCUT2D eigenvalue weighted by Gasteiger charge is -2.30. The zero-order valence-electron chi connectivity index (χ0n) is 29.4. The van der Waals surface area contributed by atoms with E-state index in [9.17, 15) is 0 Å². The minimum Gasteiger partial charge on any atom is -0.456 e. The van der Waals surface area contributed by atoms with Gasteiger partial charge in [-0.15, -0.1) is 0 Å². The van der Waals surface area contributed by atoms with Crippen LogP contribution in [0.15, 0.2) is 205 Å². The van der Waals surface area contributed by atoms with Gasteiger partial charge in [-0.2, -0.15) is 0 Å². The highest BCUT2D eigenvalue weighted by atomic mass is 16.3. The van der Waals surface area contributed by atoms with Crippen molar-refractivity contribution in [2.24, 2.45) is 0 Å². The lowest BCUT2D eigenvalue weighted by molar-refractivity contribution is 0.669. The predicted molar refractivity (Wildman–Crippen MR) is 229 cm³/mol. The molecule has 11 rings (SSSR count). The van der Waals surface area contributed by atoms with Crippen LogP contribution >= 0.6 is 0 Å². The molecule has 0 amide bonds. The molecule has 2 nitrogen and oxygen atoms in total. The fraction of sp³-hybridized carbons (Fsp3) is 0. The van der Waals surface area contributed by atoms with Gasteiger partial charge in [0.1, 0.15) is 11.2 Å². The van der Waals surface area contributed by atoms with Gasteiger partial charge in [0.25, 0.3) is 0 Å². The van der Waals surface area contributed by atoms with E-state index < -0.39 is 0 Å². The molecule has 0 saturated carbocycles. The van der Waals surface area contributed by atoms with Gasteiger partial charge in [-0.1, -0.05) is 152 Å². The Labute approximate surface area is 312 Å². The van der Waals surface area contributed by atoms with Crippen molar-refractivity contribution in [3.05, 3.63) is 200 Å².